The number of esters is 1. The molecule has 0 aromatic rings. The van der Waals surface area contributed by atoms with E-state index in [9.17, 15) is 4.79 Å². The van der Waals surface area contributed by atoms with Crippen LogP contribution in [0.3, 0.4) is 0 Å². The number of carbonyl (C=O) groups is 1. The van der Waals surface area contributed by atoms with Crippen molar-refractivity contribution in [1.82, 2.24) is 5.01 Å². The van der Waals surface area contributed by atoms with E-state index in [1.807, 2.05) is 14.9 Å². The Morgan fingerprint density at radius 2 is 2.50 bits per heavy atom. The number of carbonyl (C=O) groups excluding carboxylic acids is 1. The molecule has 0 aromatic heterocycles. The van der Waals surface area contributed by atoms with Crippen LogP contribution in [0.4, 0.5) is 0 Å². The number of hydrogen-bond acceptors (Lipinski definition) is 4. The SMILES string of the molecule is BC1C(C(=O)OCC)C=NN1C. The molecule has 1 aliphatic rings. The van der Waals surface area contributed by atoms with Gasteiger partial charge in [-0.3, -0.25) is 4.79 Å². The van der Waals surface area contributed by atoms with E-state index in [1.165, 1.54) is 0 Å². The predicted octanol–water partition coefficient (Wildman–Crippen LogP) is -0.944. The van der Waals surface area contributed by atoms with Gasteiger partial charge >= 0.3 is 5.97 Å². The molecule has 66 valence electrons. The highest BCUT2D eigenvalue weighted by molar-refractivity contribution is 6.16. The van der Waals surface area contributed by atoms with Gasteiger partial charge in [0.15, 0.2) is 0 Å². The summed E-state index contributed by atoms with van der Waals surface area (Å²) in [4.78, 5) is 11.3. The summed E-state index contributed by atoms with van der Waals surface area (Å²) in [5.41, 5.74) is 0. The predicted molar refractivity (Wildman–Crippen MR) is 48.7 cm³/mol. The minimum Gasteiger partial charge on any atom is -0.465 e. The Morgan fingerprint density at radius 1 is 1.83 bits per heavy atom. The van der Waals surface area contributed by atoms with Crippen molar-refractivity contribution in [3.05, 3.63) is 0 Å². The number of nitrogens with zero attached hydrogens (tertiary/aromatic N) is 2. The van der Waals surface area contributed by atoms with Gasteiger partial charge in [0, 0.05) is 19.2 Å². The van der Waals surface area contributed by atoms with Gasteiger partial charge in [-0.2, -0.15) is 5.10 Å². The van der Waals surface area contributed by atoms with Crippen LogP contribution in [0.1, 0.15) is 6.92 Å². The first-order chi connectivity index (χ1) is 5.66. The summed E-state index contributed by atoms with van der Waals surface area (Å²) in [6.07, 6.45) is 1.64. The van der Waals surface area contributed by atoms with Crippen molar-refractivity contribution in [3.8, 4) is 0 Å². The molecule has 1 rings (SSSR count). The van der Waals surface area contributed by atoms with E-state index in [1.54, 1.807) is 18.1 Å². The fourth-order valence-corrected chi connectivity index (χ4v) is 1.14. The van der Waals surface area contributed by atoms with E-state index >= 15 is 0 Å². The van der Waals surface area contributed by atoms with E-state index in [4.69, 9.17) is 4.74 Å². The van der Waals surface area contributed by atoms with E-state index in [0.717, 1.165) is 0 Å². The first kappa shape index (κ1) is 9.10. The van der Waals surface area contributed by atoms with Gasteiger partial charge in [-0.1, -0.05) is 0 Å². The molecule has 0 fully saturated rings. The van der Waals surface area contributed by atoms with Gasteiger partial charge in [-0.05, 0) is 6.92 Å². The lowest BCUT2D eigenvalue weighted by Crippen LogP contribution is -2.35. The topological polar surface area (TPSA) is 41.9 Å². The lowest BCUT2D eigenvalue weighted by Gasteiger charge is -2.18. The molecule has 5 heteroatoms. The summed E-state index contributed by atoms with van der Waals surface area (Å²) >= 11 is 0. The van der Waals surface area contributed by atoms with E-state index in [-0.39, 0.29) is 17.8 Å². The Hall–Kier alpha value is -0.995. The van der Waals surface area contributed by atoms with Crippen LogP contribution in [0, 0.1) is 5.92 Å². The number of ether oxygens (including phenoxy) is 1. The quantitative estimate of drug-likeness (QED) is 0.394. The molecule has 0 bridgehead atoms. The van der Waals surface area contributed by atoms with Crippen molar-refractivity contribution in [1.29, 1.82) is 0 Å². The fourth-order valence-electron chi connectivity index (χ4n) is 1.14. The normalized spacial score (nSPS) is 27.7. The maximum Gasteiger partial charge on any atom is 0.315 e. The van der Waals surface area contributed by atoms with Crippen molar-refractivity contribution < 1.29 is 9.53 Å². The molecule has 1 heterocycles. The Balaban J connectivity index is 2.54. The minimum absolute atomic E-state index is 0.115. The second-order valence-corrected chi connectivity index (χ2v) is 2.86. The maximum atomic E-state index is 11.3. The molecule has 0 N–H and O–H groups in total. The molecular formula is C7H13BN2O2. The maximum absolute atomic E-state index is 11.3. The number of hydrogen-bond donors (Lipinski definition) is 0. The summed E-state index contributed by atoms with van der Waals surface area (Å²) in [5.74, 6) is -0.267. The highest BCUT2D eigenvalue weighted by atomic mass is 16.5. The van der Waals surface area contributed by atoms with Crippen LogP contribution >= 0.6 is 0 Å². The molecule has 4 nitrogen and oxygen atoms in total. The van der Waals surface area contributed by atoms with Crippen molar-refractivity contribution in [2.24, 2.45) is 11.0 Å². The van der Waals surface area contributed by atoms with Crippen LogP contribution in [0.15, 0.2) is 5.10 Å². The van der Waals surface area contributed by atoms with Crippen molar-refractivity contribution in [2.45, 2.75) is 12.9 Å². The second kappa shape index (κ2) is 3.60. The molecule has 0 spiro atoms. The van der Waals surface area contributed by atoms with Gasteiger partial charge in [0.05, 0.1) is 6.61 Å². The molecule has 2 unspecified atom stereocenters. The fraction of sp³-hybridized carbons (Fsp3) is 0.714. The van der Waals surface area contributed by atoms with Gasteiger partial charge in [-0.25, -0.2) is 0 Å². The van der Waals surface area contributed by atoms with Crippen molar-refractivity contribution in [2.75, 3.05) is 13.7 Å². The Kier molecular flexibility index (Phi) is 2.73. The third-order valence-corrected chi connectivity index (χ3v) is 2.08. The summed E-state index contributed by atoms with van der Waals surface area (Å²) in [6, 6.07) is 0. The van der Waals surface area contributed by atoms with Crippen LogP contribution in [-0.4, -0.2) is 44.6 Å². The lowest BCUT2D eigenvalue weighted by atomic mass is 9.85. The molecule has 0 saturated carbocycles. The zero-order valence-electron chi connectivity index (χ0n) is 7.65. The average molecular weight is 168 g/mol. The largest absolute Gasteiger partial charge is 0.465 e. The molecule has 2 atom stereocenters. The summed E-state index contributed by atoms with van der Waals surface area (Å²) in [6.45, 7) is 2.23. The summed E-state index contributed by atoms with van der Waals surface area (Å²) < 4.78 is 4.89. The van der Waals surface area contributed by atoms with Crippen molar-refractivity contribution >= 4 is 20.0 Å². The third kappa shape index (κ3) is 1.60. The molecule has 0 aliphatic carbocycles. The summed E-state index contributed by atoms with van der Waals surface area (Å²) in [7, 11) is 3.80. The first-order valence-electron chi connectivity index (χ1n) is 4.10. The Morgan fingerprint density at radius 3 is 2.92 bits per heavy atom. The van der Waals surface area contributed by atoms with Gasteiger partial charge in [0.25, 0.3) is 0 Å². The van der Waals surface area contributed by atoms with Crippen molar-refractivity contribution in [3.63, 3.8) is 0 Å². The molecule has 1 aliphatic heterocycles. The zero-order chi connectivity index (χ0) is 9.14. The zero-order valence-corrected chi connectivity index (χ0v) is 7.65. The minimum atomic E-state index is -0.199. The molecule has 0 radical (unpaired) electrons. The van der Waals surface area contributed by atoms with E-state index < -0.39 is 0 Å². The third-order valence-electron chi connectivity index (χ3n) is 2.08. The average Bonchev–Trinajstić information content (AvgIpc) is 2.34. The second-order valence-electron chi connectivity index (χ2n) is 2.86. The molecule has 0 amide bonds. The van der Waals surface area contributed by atoms with Crippen LogP contribution < -0.4 is 0 Å². The van der Waals surface area contributed by atoms with Gasteiger partial charge in [0.1, 0.15) is 13.8 Å². The molecular weight excluding hydrogens is 155 g/mol. The molecule has 12 heavy (non-hydrogen) atoms. The van der Waals surface area contributed by atoms with Gasteiger partial charge in [0.2, 0.25) is 0 Å². The highest BCUT2D eigenvalue weighted by Gasteiger charge is 2.31. The monoisotopic (exact) mass is 168 g/mol. The van der Waals surface area contributed by atoms with Crippen LogP contribution in [0.25, 0.3) is 0 Å². The highest BCUT2D eigenvalue weighted by Crippen LogP contribution is 2.13. The van der Waals surface area contributed by atoms with Gasteiger partial charge in [-0.15, -0.1) is 0 Å². The van der Waals surface area contributed by atoms with Crippen LogP contribution in [0.5, 0.6) is 0 Å². The Labute approximate surface area is 73.0 Å². The van der Waals surface area contributed by atoms with Gasteiger partial charge < -0.3 is 9.75 Å². The van der Waals surface area contributed by atoms with Crippen LogP contribution in [-0.2, 0) is 9.53 Å². The standard InChI is InChI=1S/C7H13BN2O2/c1-3-12-7(11)5-4-9-10(2)6(5)8/h4-6H,3,8H2,1-2H3. The summed E-state index contributed by atoms with van der Waals surface area (Å²) in [5, 5.41) is 5.77. The Bertz CT molecular complexity index is 208. The molecule has 0 aromatic carbocycles. The van der Waals surface area contributed by atoms with E-state index in [0.29, 0.717) is 6.61 Å². The number of rotatable bonds is 2. The van der Waals surface area contributed by atoms with Crippen LogP contribution in [0.2, 0.25) is 0 Å². The number of hydrazone groups is 1. The van der Waals surface area contributed by atoms with E-state index in [2.05, 4.69) is 5.10 Å². The lowest BCUT2D eigenvalue weighted by molar-refractivity contribution is -0.145. The first-order valence-corrected chi connectivity index (χ1v) is 4.10. The molecule has 0 saturated heterocycles. The smallest absolute Gasteiger partial charge is 0.315 e.